The van der Waals surface area contributed by atoms with E-state index in [-0.39, 0.29) is 60.0 Å². The van der Waals surface area contributed by atoms with E-state index in [2.05, 4.69) is 46.9 Å². The third-order valence-electron chi connectivity index (χ3n) is 12.7. The normalized spacial score (nSPS) is 14.5. The third-order valence-corrected chi connectivity index (χ3v) is 13.6. The van der Waals surface area contributed by atoms with Crippen molar-refractivity contribution >= 4 is 64.0 Å². The Morgan fingerprint density at radius 1 is 0.821 bits per heavy atom. The van der Waals surface area contributed by atoms with Crippen molar-refractivity contribution in [2.24, 2.45) is 0 Å². The number of hydrogen-bond acceptors (Lipinski definition) is 14. The first-order chi connectivity index (χ1) is 37.9. The minimum atomic E-state index is -0.346. The van der Waals surface area contributed by atoms with Crippen molar-refractivity contribution in [1.82, 2.24) is 20.5 Å². The molecule has 0 radical (unpaired) electrons. The van der Waals surface area contributed by atoms with Crippen molar-refractivity contribution in [2.75, 3.05) is 96.0 Å². The molecule has 0 fully saturated rings. The molecule has 2 heterocycles. The van der Waals surface area contributed by atoms with Gasteiger partial charge in [0.1, 0.15) is 22.4 Å². The zero-order chi connectivity index (χ0) is 55.7. The fourth-order valence-corrected chi connectivity index (χ4v) is 9.67. The molecule has 4 aromatic carbocycles. The molecule has 17 nitrogen and oxygen atoms in total. The average Bonchev–Trinajstić information content (AvgIpc) is 4.05. The quantitative estimate of drug-likeness (QED) is 0.0209. The van der Waals surface area contributed by atoms with E-state index in [0.29, 0.717) is 107 Å². The summed E-state index contributed by atoms with van der Waals surface area (Å²) in [5.41, 5.74) is 6.29. The molecule has 19 heteroatoms. The van der Waals surface area contributed by atoms with Gasteiger partial charge in [0.05, 0.1) is 78.2 Å². The van der Waals surface area contributed by atoms with E-state index in [4.69, 9.17) is 40.0 Å². The van der Waals surface area contributed by atoms with E-state index in [1.807, 2.05) is 79.4 Å². The summed E-state index contributed by atoms with van der Waals surface area (Å²) >= 11 is 7.49. The molecule has 0 spiro atoms. The van der Waals surface area contributed by atoms with Crippen molar-refractivity contribution in [3.05, 3.63) is 135 Å². The van der Waals surface area contributed by atoms with E-state index >= 15 is 0 Å². The maximum absolute atomic E-state index is 13.7. The van der Waals surface area contributed by atoms with Crippen LogP contribution >= 0.6 is 22.9 Å². The number of nitrogens with one attached hydrogen (secondary N) is 3. The van der Waals surface area contributed by atoms with E-state index in [1.54, 1.807) is 47.7 Å². The van der Waals surface area contributed by atoms with Gasteiger partial charge in [0, 0.05) is 65.6 Å². The zero-order valence-corrected chi connectivity index (χ0v) is 46.7. The lowest BCUT2D eigenvalue weighted by Gasteiger charge is -2.39. The number of benzene rings is 4. The number of carbonyl (C=O) groups excluding carboxylic acids is 4. The summed E-state index contributed by atoms with van der Waals surface area (Å²) in [6.45, 7) is 13.9. The van der Waals surface area contributed by atoms with Crippen LogP contribution in [-0.2, 0) is 38.1 Å². The van der Waals surface area contributed by atoms with Crippen LogP contribution in [0, 0.1) is 11.3 Å². The standard InChI is InChI=1S/C59H72ClN7O10S/c1-6-7-54(66(41(2)3)59(71)48(39-61)38-57-63-24-35-78-57)45-12-19-51(20-13-45)77-40-56(69)62-22-25-72-27-29-74-31-33-76-34-32-75-30-28-73-26-23-64-58(70)46-10-8-44(9-11-46)47-14-21-55-52(37-47)53(36-42(4)67(55)43(5)68)65-50-17-15-49(60)16-18-50/h8-21,24,35,37-38,41-42,53-54,65H,6-7,22-23,25-34,36,40H2,1-5H3,(H,62,69)(H,64,70)/b48-38+/t42-,53+,54?/m0/s1. The Morgan fingerprint density at radius 3 is 1.99 bits per heavy atom. The number of thiazole rings is 1. The second-order valence-electron chi connectivity index (χ2n) is 18.7. The first kappa shape index (κ1) is 60.5. The predicted molar refractivity (Wildman–Crippen MR) is 304 cm³/mol. The Kier molecular flexibility index (Phi) is 25.0. The Morgan fingerprint density at radius 2 is 1.42 bits per heavy atom. The molecule has 3 atom stereocenters. The Labute approximate surface area is 467 Å². The lowest BCUT2D eigenvalue weighted by Crippen LogP contribution is -2.43. The number of rotatable bonds is 32. The van der Waals surface area contributed by atoms with E-state index in [0.717, 1.165) is 46.5 Å². The highest BCUT2D eigenvalue weighted by Gasteiger charge is 2.33. The van der Waals surface area contributed by atoms with Gasteiger partial charge in [-0.05, 0) is 123 Å². The van der Waals surface area contributed by atoms with Crippen LogP contribution in [0.1, 0.15) is 92.5 Å². The smallest absolute Gasteiger partial charge is 0.265 e. The van der Waals surface area contributed by atoms with Crippen molar-refractivity contribution < 1.29 is 47.6 Å². The molecule has 6 rings (SSSR count). The van der Waals surface area contributed by atoms with Crippen LogP contribution < -0.4 is 25.6 Å². The summed E-state index contributed by atoms with van der Waals surface area (Å²) in [6.07, 6.45) is 5.44. The molecule has 3 N–H and O–H groups in total. The Balaban J connectivity index is 0.752. The van der Waals surface area contributed by atoms with Gasteiger partial charge in [-0.3, -0.25) is 19.2 Å². The zero-order valence-electron chi connectivity index (χ0n) is 45.2. The van der Waals surface area contributed by atoms with Crippen molar-refractivity contribution in [2.45, 2.75) is 78.0 Å². The predicted octanol–water partition coefficient (Wildman–Crippen LogP) is 9.46. The largest absolute Gasteiger partial charge is 0.484 e. The third kappa shape index (κ3) is 18.8. The average molecular weight is 1110 g/mol. The number of nitriles is 1. The number of carbonyl (C=O) groups is 4. The summed E-state index contributed by atoms with van der Waals surface area (Å²) in [4.78, 5) is 59.5. The monoisotopic (exact) mass is 1110 g/mol. The SMILES string of the molecule is CCCC(c1ccc(OCC(=O)NCCOCCOCCOCCOCCOCCNC(=O)c2ccc(-c3ccc4c(c3)[C@H](Nc3ccc(Cl)cc3)C[C@H](C)N4C(C)=O)cc2)cc1)N(C(=O)/C(C#N)=C/c1nccs1)C(C)C. The highest BCUT2D eigenvalue weighted by molar-refractivity contribution is 7.10. The van der Waals surface area contributed by atoms with Gasteiger partial charge in [-0.1, -0.05) is 55.3 Å². The number of amides is 4. The van der Waals surface area contributed by atoms with Crippen LogP contribution in [0.3, 0.4) is 0 Å². The number of ether oxygens (including phenoxy) is 6. The Bertz CT molecular complexity index is 2740. The summed E-state index contributed by atoms with van der Waals surface area (Å²) in [5.74, 6) is -0.305. The van der Waals surface area contributed by atoms with Gasteiger partial charge in [0.25, 0.3) is 17.7 Å². The summed E-state index contributed by atoms with van der Waals surface area (Å²) in [5, 5.41) is 22.2. The van der Waals surface area contributed by atoms with Gasteiger partial charge in [-0.25, -0.2) is 4.98 Å². The molecule has 5 aromatic rings. The number of nitrogens with zero attached hydrogens (tertiary/aromatic N) is 4. The maximum atomic E-state index is 13.7. The molecule has 416 valence electrons. The van der Waals surface area contributed by atoms with Crippen LogP contribution in [0.5, 0.6) is 5.75 Å². The highest BCUT2D eigenvalue weighted by Crippen LogP contribution is 2.41. The van der Waals surface area contributed by atoms with Gasteiger partial charge in [-0.15, -0.1) is 11.3 Å². The van der Waals surface area contributed by atoms with Gasteiger partial charge < -0.3 is 54.2 Å². The van der Waals surface area contributed by atoms with Gasteiger partial charge in [0.15, 0.2) is 6.61 Å². The number of fused-ring (bicyclic) bond motifs is 1. The maximum Gasteiger partial charge on any atom is 0.265 e. The molecule has 78 heavy (non-hydrogen) atoms. The fourth-order valence-electron chi connectivity index (χ4n) is 8.98. The van der Waals surface area contributed by atoms with Crippen LogP contribution in [-0.4, -0.2) is 131 Å². The van der Waals surface area contributed by atoms with Gasteiger partial charge in [-0.2, -0.15) is 5.26 Å². The molecule has 0 bridgehead atoms. The second-order valence-corrected chi connectivity index (χ2v) is 20.1. The minimum absolute atomic E-state index is 0.00136. The lowest BCUT2D eigenvalue weighted by molar-refractivity contribution is -0.131. The van der Waals surface area contributed by atoms with Crippen LogP contribution in [0.2, 0.25) is 5.02 Å². The number of halogens is 1. The minimum Gasteiger partial charge on any atom is -0.484 e. The van der Waals surface area contributed by atoms with Crippen LogP contribution in [0.25, 0.3) is 17.2 Å². The van der Waals surface area contributed by atoms with Crippen LogP contribution in [0.4, 0.5) is 11.4 Å². The molecule has 1 unspecified atom stereocenters. The summed E-state index contributed by atoms with van der Waals surface area (Å²) in [7, 11) is 0. The number of anilines is 2. The topological polar surface area (TPSA) is 203 Å². The van der Waals surface area contributed by atoms with Crippen molar-refractivity contribution in [1.29, 1.82) is 5.26 Å². The van der Waals surface area contributed by atoms with Crippen molar-refractivity contribution in [3.63, 3.8) is 0 Å². The molecule has 1 aliphatic rings. The molecular formula is C59H72ClN7O10S. The molecule has 0 saturated heterocycles. The summed E-state index contributed by atoms with van der Waals surface area (Å²) in [6, 6.07) is 30.2. The van der Waals surface area contributed by atoms with E-state index in [9.17, 15) is 24.4 Å². The van der Waals surface area contributed by atoms with E-state index < -0.39 is 0 Å². The molecule has 1 aromatic heterocycles. The summed E-state index contributed by atoms with van der Waals surface area (Å²) < 4.78 is 33.6. The molecule has 4 amide bonds. The number of aromatic nitrogens is 1. The number of hydrogen-bond donors (Lipinski definition) is 3. The van der Waals surface area contributed by atoms with Gasteiger partial charge >= 0.3 is 0 Å². The Hall–Kier alpha value is -6.69. The van der Waals surface area contributed by atoms with E-state index in [1.165, 1.54) is 17.4 Å². The first-order valence-electron chi connectivity index (χ1n) is 26.4. The molecule has 0 saturated carbocycles. The first-order valence-corrected chi connectivity index (χ1v) is 27.7. The van der Waals surface area contributed by atoms with Gasteiger partial charge in [0.2, 0.25) is 5.91 Å². The molecular weight excluding hydrogens is 1030 g/mol. The van der Waals surface area contributed by atoms with Crippen molar-refractivity contribution in [3.8, 4) is 22.9 Å². The van der Waals surface area contributed by atoms with Crippen LogP contribution in [0.15, 0.2) is 108 Å². The second kappa shape index (κ2) is 32.3. The lowest BCUT2D eigenvalue weighted by atomic mass is 9.88. The highest BCUT2D eigenvalue weighted by atomic mass is 35.5. The molecule has 1 aliphatic heterocycles. The fraction of sp³-hybridized carbons (Fsp3) is 0.424. The molecule has 0 aliphatic carbocycles.